The van der Waals surface area contributed by atoms with Gasteiger partial charge in [0, 0.05) is 24.7 Å². The third-order valence-electron chi connectivity index (χ3n) is 5.15. The second-order valence-electron chi connectivity index (χ2n) is 10.3. The molecule has 1 aromatic carbocycles. The molecule has 6 nitrogen and oxygen atoms in total. The largest absolute Gasteiger partial charge is 0.444 e. The molecule has 0 aliphatic heterocycles. The van der Waals surface area contributed by atoms with Crippen LogP contribution in [0.2, 0.25) is 0 Å². The molecule has 0 aliphatic carbocycles. The molecule has 0 saturated carbocycles. The molecule has 176 valence electrons. The van der Waals surface area contributed by atoms with E-state index >= 15 is 0 Å². The van der Waals surface area contributed by atoms with E-state index in [0.29, 0.717) is 18.5 Å². The van der Waals surface area contributed by atoms with E-state index in [2.05, 4.69) is 35.9 Å². The van der Waals surface area contributed by atoms with Crippen molar-refractivity contribution in [2.45, 2.75) is 84.8 Å². The van der Waals surface area contributed by atoms with Crippen molar-refractivity contribution in [1.82, 2.24) is 10.3 Å². The van der Waals surface area contributed by atoms with E-state index in [1.165, 1.54) is 0 Å². The van der Waals surface area contributed by atoms with Gasteiger partial charge < -0.3 is 10.1 Å². The van der Waals surface area contributed by atoms with Crippen LogP contribution in [0.15, 0.2) is 36.5 Å². The lowest BCUT2D eigenvalue weighted by atomic mass is 9.82. The van der Waals surface area contributed by atoms with Crippen molar-refractivity contribution < 1.29 is 14.3 Å². The van der Waals surface area contributed by atoms with Gasteiger partial charge in [0.05, 0.1) is 12.6 Å². The Morgan fingerprint density at radius 1 is 1.12 bits per heavy atom. The average Bonchev–Trinajstić information content (AvgIpc) is 2.71. The second kappa shape index (κ2) is 10.6. The maximum absolute atomic E-state index is 12.7. The predicted octanol–water partition coefficient (Wildman–Crippen LogP) is 5.94. The Bertz CT molecular complexity index is 1020. The van der Waals surface area contributed by atoms with Crippen molar-refractivity contribution in [3.8, 4) is 0 Å². The van der Waals surface area contributed by atoms with Crippen LogP contribution in [0.3, 0.4) is 0 Å². The highest BCUT2D eigenvalue weighted by Gasteiger charge is 2.23. The third kappa shape index (κ3) is 8.02. The van der Waals surface area contributed by atoms with Gasteiger partial charge in [-0.2, -0.15) is 0 Å². The van der Waals surface area contributed by atoms with Crippen LogP contribution in [-0.2, 0) is 27.8 Å². The number of carbonyl (C=O) groups is 2. The first kappa shape index (κ1) is 26.1. The highest BCUT2D eigenvalue weighted by atomic mass is 16.6. The van der Waals surface area contributed by atoms with Crippen LogP contribution in [0.4, 0.5) is 10.5 Å². The molecule has 0 bridgehead atoms. The molecule has 0 radical (unpaired) electrons. The van der Waals surface area contributed by atoms with E-state index in [1.807, 2.05) is 37.3 Å². The predicted molar refractivity (Wildman–Crippen MR) is 131 cm³/mol. The summed E-state index contributed by atoms with van der Waals surface area (Å²) >= 11 is 0. The number of carbonyl (C=O) groups excluding carboxylic acids is 2. The molecule has 33 heavy (non-hydrogen) atoms. The quantitative estimate of drug-likeness (QED) is 0.531. The van der Waals surface area contributed by atoms with Crippen LogP contribution in [0, 0.1) is 6.57 Å². The number of aromatic nitrogens is 1. The third-order valence-corrected chi connectivity index (χ3v) is 5.15. The molecule has 1 atom stereocenters. The number of ether oxygens (including phenoxy) is 1. The minimum absolute atomic E-state index is 0.0809. The minimum Gasteiger partial charge on any atom is -0.444 e. The topological polar surface area (TPSA) is 72.7 Å². The highest BCUT2D eigenvalue weighted by molar-refractivity contribution is 5.89. The van der Waals surface area contributed by atoms with Crippen molar-refractivity contribution in [3.05, 3.63) is 70.3 Å². The summed E-state index contributed by atoms with van der Waals surface area (Å²) in [7, 11) is 0. The molecule has 0 unspecified atom stereocenters. The van der Waals surface area contributed by atoms with Crippen molar-refractivity contribution >= 4 is 17.6 Å². The first-order valence-electron chi connectivity index (χ1n) is 11.3. The fourth-order valence-corrected chi connectivity index (χ4v) is 3.53. The van der Waals surface area contributed by atoms with Gasteiger partial charge in [0.15, 0.2) is 11.5 Å². The summed E-state index contributed by atoms with van der Waals surface area (Å²) in [5.74, 6) is -0.0809. The lowest BCUT2D eigenvalue weighted by molar-refractivity contribution is -0.120. The van der Waals surface area contributed by atoms with E-state index in [-0.39, 0.29) is 17.6 Å². The summed E-state index contributed by atoms with van der Waals surface area (Å²) < 4.78 is 5.26. The van der Waals surface area contributed by atoms with Crippen molar-refractivity contribution in [2.24, 2.45) is 0 Å². The zero-order valence-corrected chi connectivity index (χ0v) is 20.8. The summed E-state index contributed by atoms with van der Waals surface area (Å²) in [6, 6.07) is 9.03. The number of nitrogens with zero attached hydrogens (tertiary/aromatic N) is 2. The van der Waals surface area contributed by atoms with E-state index < -0.39 is 17.7 Å². The minimum atomic E-state index is -0.617. The molecule has 0 spiro atoms. The fraction of sp³-hybridized carbons (Fsp3) is 0.481. The number of hydrogen-bond acceptors (Lipinski definition) is 4. The van der Waals surface area contributed by atoms with Gasteiger partial charge in [-0.1, -0.05) is 52.0 Å². The SMILES string of the molecule is [C-]#[N+]c1ccc(Cc2ccc(CC(=O)[C@@H](CC)NC(=O)OC(C)(C)C)cn2)c(C(C)(C)C)c1. The van der Waals surface area contributed by atoms with Gasteiger partial charge in [-0.25, -0.2) is 9.64 Å². The molecule has 6 heteroatoms. The van der Waals surface area contributed by atoms with Crippen molar-refractivity contribution in [2.75, 3.05) is 0 Å². The molecular formula is C27H35N3O3. The number of pyridine rings is 1. The van der Waals surface area contributed by atoms with Gasteiger partial charge in [-0.15, -0.1) is 0 Å². The Kier molecular flexibility index (Phi) is 8.38. The Balaban J connectivity index is 2.08. The van der Waals surface area contributed by atoms with Crippen molar-refractivity contribution in [1.29, 1.82) is 0 Å². The molecule has 1 heterocycles. The molecule has 1 N–H and O–H groups in total. The molecule has 2 rings (SSSR count). The fourth-order valence-electron chi connectivity index (χ4n) is 3.53. The molecule has 0 aliphatic rings. The van der Waals surface area contributed by atoms with Crippen LogP contribution in [-0.4, -0.2) is 28.5 Å². The first-order chi connectivity index (χ1) is 15.3. The summed E-state index contributed by atoms with van der Waals surface area (Å²) in [6.45, 7) is 20.9. The lowest BCUT2D eigenvalue weighted by Gasteiger charge is -2.23. The monoisotopic (exact) mass is 449 g/mol. The zero-order chi connectivity index (χ0) is 24.8. The van der Waals surface area contributed by atoms with Crippen LogP contribution < -0.4 is 5.32 Å². The second-order valence-corrected chi connectivity index (χ2v) is 10.3. The number of hydrogen-bond donors (Lipinski definition) is 1. The maximum Gasteiger partial charge on any atom is 0.408 e. The van der Waals surface area contributed by atoms with Gasteiger partial charge >= 0.3 is 6.09 Å². The number of benzene rings is 1. The van der Waals surface area contributed by atoms with Crippen molar-refractivity contribution in [3.63, 3.8) is 0 Å². The lowest BCUT2D eigenvalue weighted by Crippen LogP contribution is -2.43. The van der Waals surface area contributed by atoms with Crippen LogP contribution in [0.5, 0.6) is 0 Å². The van der Waals surface area contributed by atoms with Gasteiger partial charge in [0.2, 0.25) is 0 Å². The van der Waals surface area contributed by atoms with Gasteiger partial charge in [-0.3, -0.25) is 9.78 Å². The smallest absolute Gasteiger partial charge is 0.408 e. The highest BCUT2D eigenvalue weighted by Crippen LogP contribution is 2.31. The molecule has 1 aromatic heterocycles. The molecule has 0 fully saturated rings. The normalized spacial score (nSPS) is 12.5. The van der Waals surface area contributed by atoms with Crippen LogP contribution >= 0.6 is 0 Å². The number of rotatable bonds is 7. The number of Topliss-reactive ketones (excluding diaryl/α,β-unsaturated/α-hetero) is 1. The zero-order valence-electron chi connectivity index (χ0n) is 20.8. The average molecular weight is 450 g/mol. The molecular weight excluding hydrogens is 414 g/mol. The Morgan fingerprint density at radius 2 is 1.82 bits per heavy atom. The standard InChI is InChI=1S/C27H35N3O3/c1-9-23(30-25(32)33-27(5,6)7)24(31)14-18-10-12-21(29-17-18)15-19-11-13-20(28-8)16-22(19)26(2,3)4/h10-13,16-17,23H,9,14-15H2,1-7H3,(H,30,32)/t23-/m1/s1. The van der Waals surface area contributed by atoms with E-state index in [4.69, 9.17) is 11.3 Å². The summed E-state index contributed by atoms with van der Waals surface area (Å²) in [4.78, 5) is 32.9. The van der Waals surface area contributed by atoms with Gasteiger partial charge in [0.25, 0.3) is 0 Å². The Labute approximate surface area is 197 Å². The summed E-state index contributed by atoms with van der Waals surface area (Å²) in [6.07, 6.45) is 2.46. The summed E-state index contributed by atoms with van der Waals surface area (Å²) in [5, 5.41) is 2.66. The molecule has 2 aromatic rings. The summed E-state index contributed by atoms with van der Waals surface area (Å²) in [5.41, 5.74) is 3.90. The van der Waals surface area contributed by atoms with Gasteiger partial charge in [-0.05, 0) is 55.4 Å². The maximum atomic E-state index is 12.7. The van der Waals surface area contributed by atoms with Crippen LogP contribution in [0.25, 0.3) is 4.85 Å². The van der Waals surface area contributed by atoms with E-state index in [9.17, 15) is 9.59 Å². The molecule has 0 saturated heterocycles. The van der Waals surface area contributed by atoms with Gasteiger partial charge in [0.1, 0.15) is 5.60 Å². The molecule has 1 amide bonds. The van der Waals surface area contributed by atoms with Crippen LogP contribution in [0.1, 0.15) is 77.3 Å². The first-order valence-corrected chi connectivity index (χ1v) is 11.3. The number of amides is 1. The number of nitrogens with one attached hydrogen (secondary N) is 1. The Morgan fingerprint density at radius 3 is 2.33 bits per heavy atom. The Hall–Kier alpha value is -3.20. The van der Waals surface area contributed by atoms with E-state index in [1.54, 1.807) is 27.0 Å². The number of ketones is 1. The number of alkyl carbamates (subject to hydrolysis) is 1. The van der Waals surface area contributed by atoms with E-state index in [0.717, 1.165) is 22.4 Å².